The summed E-state index contributed by atoms with van der Waals surface area (Å²) in [5.41, 5.74) is 0.528. The first kappa shape index (κ1) is 25.3. The maximum Gasteiger partial charge on any atom is 0.326 e. The monoisotopic (exact) mass is 452 g/mol. The number of carbonyl (C=O) groups excluding carboxylic acids is 3. The number of carboxylic acid groups (broad SMARTS) is 1. The van der Waals surface area contributed by atoms with Crippen LogP contribution >= 0.6 is 0 Å². The molecule has 1 aromatic heterocycles. The number of nitrogens with one attached hydrogen (secondary N) is 5. The van der Waals surface area contributed by atoms with Gasteiger partial charge in [-0.15, -0.1) is 0 Å². The fourth-order valence-corrected chi connectivity index (χ4v) is 3.42. The van der Waals surface area contributed by atoms with Gasteiger partial charge in [0, 0.05) is 18.3 Å². The van der Waals surface area contributed by atoms with E-state index in [4.69, 9.17) is 0 Å². The Hall–Kier alpha value is -2.99. The van der Waals surface area contributed by atoms with Crippen LogP contribution in [0.1, 0.15) is 39.3 Å². The van der Waals surface area contributed by atoms with Gasteiger partial charge < -0.3 is 36.5 Å². The highest BCUT2D eigenvalue weighted by atomic mass is 16.4. The summed E-state index contributed by atoms with van der Waals surface area (Å²) >= 11 is 0. The molecule has 1 saturated heterocycles. The third-order valence-corrected chi connectivity index (χ3v) is 5.28. The third kappa shape index (κ3) is 7.02. The molecule has 0 radical (unpaired) electrons. The fourth-order valence-electron chi connectivity index (χ4n) is 3.42. The van der Waals surface area contributed by atoms with Crippen LogP contribution in [0.15, 0.2) is 12.5 Å². The number of carbonyl (C=O) groups is 4. The summed E-state index contributed by atoms with van der Waals surface area (Å²) in [5, 5.41) is 30.0. The van der Waals surface area contributed by atoms with Crippen LogP contribution in [-0.2, 0) is 25.6 Å². The van der Waals surface area contributed by atoms with Crippen LogP contribution in [0.5, 0.6) is 0 Å². The van der Waals surface area contributed by atoms with Crippen molar-refractivity contribution < 1.29 is 29.4 Å². The van der Waals surface area contributed by atoms with Crippen molar-refractivity contribution >= 4 is 23.7 Å². The van der Waals surface area contributed by atoms with Crippen molar-refractivity contribution in [1.29, 1.82) is 0 Å². The maximum absolute atomic E-state index is 12.8. The van der Waals surface area contributed by atoms with Gasteiger partial charge in [-0.05, 0) is 32.2 Å². The molecule has 2 heterocycles. The Bertz CT molecular complexity index is 791. The minimum atomic E-state index is -1.26. The molecule has 0 aromatic carbocycles. The van der Waals surface area contributed by atoms with E-state index >= 15 is 0 Å². The predicted molar refractivity (Wildman–Crippen MR) is 113 cm³/mol. The van der Waals surface area contributed by atoms with E-state index in [1.165, 1.54) is 19.4 Å². The molecule has 12 nitrogen and oxygen atoms in total. The van der Waals surface area contributed by atoms with E-state index in [2.05, 4.69) is 31.2 Å². The lowest BCUT2D eigenvalue weighted by Gasteiger charge is -2.28. The smallest absolute Gasteiger partial charge is 0.326 e. The second-order valence-corrected chi connectivity index (χ2v) is 8.29. The van der Waals surface area contributed by atoms with E-state index in [1.807, 2.05) is 0 Å². The Morgan fingerprint density at radius 1 is 1.12 bits per heavy atom. The molecule has 32 heavy (non-hydrogen) atoms. The number of aliphatic hydroxyl groups is 1. The number of carboxylic acids is 1. The number of amides is 3. The van der Waals surface area contributed by atoms with E-state index in [-0.39, 0.29) is 12.3 Å². The number of hydrogen-bond donors (Lipinski definition) is 7. The van der Waals surface area contributed by atoms with Crippen molar-refractivity contribution in [3.05, 3.63) is 18.2 Å². The number of aliphatic carboxylic acids is 1. The Morgan fingerprint density at radius 3 is 2.31 bits per heavy atom. The van der Waals surface area contributed by atoms with Gasteiger partial charge in [-0.25, -0.2) is 9.78 Å². The van der Waals surface area contributed by atoms with Gasteiger partial charge in [0.2, 0.25) is 17.7 Å². The number of aromatic nitrogens is 2. The van der Waals surface area contributed by atoms with Crippen LogP contribution in [0.4, 0.5) is 0 Å². The molecule has 0 spiro atoms. The summed E-state index contributed by atoms with van der Waals surface area (Å²) in [4.78, 5) is 56.2. The van der Waals surface area contributed by atoms with Gasteiger partial charge in [0.1, 0.15) is 18.1 Å². The first-order valence-corrected chi connectivity index (χ1v) is 10.6. The van der Waals surface area contributed by atoms with E-state index in [0.29, 0.717) is 18.7 Å². The van der Waals surface area contributed by atoms with Crippen molar-refractivity contribution in [2.45, 2.75) is 70.3 Å². The highest BCUT2D eigenvalue weighted by Crippen LogP contribution is 2.08. The Kier molecular flexibility index (Phi) is 9.14. The van der Waals surface area contributed by atoms with Gasteiger partial charge in [-0.2, -0.15) is 0 Å². The second kappa shape index (κ2) is 11.6. The van der Waals surface area contributed by atoms with Crippen LogP contribution in [-0.4, -0.2) is 80.7 Å². The molecular formula is C20H32N6O6. The van der Waals surface area contributed by atoms with Crippen molar-refractivity contribution in [1.82, 2.24) is 31.2 Å². The highest BCUT2D eigenvalue weighted by Gasteiger charge is 2.34. The van der Waals surface area contributed by atoms with E-state index in [1.54, 1.807) is 13.8 Å². The zero-order chi connectivity index (χ0) is 23.8. The van der Waals surface area contributed by atoms with Gasteiger partial charge in [0.25, 0.3) is 0 Å². The summed E-state index contributed by atoms with van der Waals surface area (Å²) in [5.74, 6) is -3.45. The van der Waals surface area contributed by atoms with Crippen molar-refractivity contribution in [2.75, 3.05) is 6.54 Å². The Labute approximate surface area is 185 Å². The third-order valence-electron chi connectivity index (χ3n) is 5.28. The highest BCUT2D eigenvalue weighted by molar-refractivity contribution is 5.94. The second-order valence-electron chi connectivity index (χ2n) is 8.29. The lowest BCUT2D eigenvalue weighted by atomic mass is 10.0. The van der Waals surface area contributed by atoms with Gasteiger partial charge in [0.05, 0.1) is 18.5 Å². The first-order chi connectivity index (χ1) is 15.1. The van der Waals surface area contributed by atoms with Crippen LogP contribution < -0.4 is 21.3 Å². The van der Waals surface area contributed by atoms with Crippen molar-refractivity contribution in [3.63, 3.8) is 0 Å². The number of H-pyrrole nitrogens is 1. The Morgan fingerprint density at radius 2 is 1.81 bits per heavy atom. The molecule has 5 atom stereocenters. The average molecular weight is 453 g/mol. The molecular weight excluding hydrogens is 420 g/mol. The molecule has 1 aliphatic rings. The van der Waals surface area contributed by atoms with Crippen molar-refractivity contribution in [2.24, 2.45) is 5.92 Å². The molecule has 3 amide bonds. The van der Waals surface area contributed by atoms with Crippen LogP contribution in [0, 0.1) is 5.92 Å². The maximum atomic E-state index is 12.8. The molecule has 1 aliphatic heterocycles. The number of aliphatic hydroxyl groups excluding tert-OH is 1. The zero-order valence-corrected chi connectivity index (χ0v) is 18.4. The largest absolute Gasteiger partial charge is 0.480 e. The summed E-state index contributed by atoms with van der Waals surface area (Å²) in [7, 11) is 0. The predicted octanol–water partition coefficient (Wildman–Crippen LogP) is -1.72. The Balaban J connectivity index is 2.05. The summed E-state index contributed by atoms with van der Waals surface area (Å²) < 4.78 is 0. The van der Waals surface area contributed by atoms with Gasteiger partial charge in [-0.3, -0.25) is 14.4 Å². The lowest BCUT2D eigenvalue weighted by molar-refractivity contribution is -0.142. The fraction of sp³-hybridized carbons (Fsp3) is 0.650. The van der Waals surface area contributed by atoms with E-state index in [0.717, 1.165) is 6.42 Å². The molecule has 1 fully saturated rings. The van der Waals surface area contributed by atoms with Gasteiger partial charge in [-0.1, -0.05) is 13.8 Å². The number of imidazole rings is 1. The van der Waals surface area contributed by atoms with Gasteiger partial charge >= 0.3 is 5.97 Å². The van der Waals surface area contributed by atoms with E-state index < -0.39 is 54.0 Å². The molecule has 5 unspecified atom stereocenters. The van der Waals surface area contributed by atoms with Crippen molar-refractivity contribution in [3.8, 4) is 0 Å². The number of aromatic amines is 1. The van der Waals surface area contributed by atoms with Crippen LogP contribution in [0.3, 0.4) is 0 Å². The standard InChI is InChI=1S/C20H32N6O6/c1-10(2)15(18(29)24-14(20(31)32)7-12-8-21-9-23-12)25-19(30)16(11(3)27)26-17(28)13-5-4-6-22-13/h8-11,13-16,22,27H,4-7H2,1-3H3,(H,21,23)(H,24,29)(H,25,30)(H,26,28)(H,31,32). The number of hydrogen-bond acceptors (Lipinski definition) is 7. The van der Waals surface area contributed by atoms with Crippen LogP contribution in [0.25, 0.3) is 0 Å². The lowest BCUT2D eigenvalue weighted by Crippen LogP contribution is -2.60. The summed E-state index contributed by atoms with van der Waals surface area (Å²) in [6.45, 7) is 5.44. The number of rotatable bonds is 11. The molecule has 0 aliphatic carbocycles. The van der Waals surface area contributed by atoms with Crippen LogP contribution in [0.2, 0.25) is 0 Å². The molecule has 178 valence electrons. The zero-order valence-electron chi connectivity index (χ0n) is 18.4. The van der Waals surface area contributed by atoms with E-state index in [9.17, 15) is 29.4 Å². The van der Waals surface area contributed by atoms with Gasteiger partial charge in [0.15, 0.2) is 0 Å². The average Bonchev–Trinajstić information content (AvgIpc) is 3.42. The molecule has 0 bridgehead atoms. The molecule has 7 N–H and O–H groups in total. The number of nitrogens with zero attached hydrogens (tertiary/aromatic N) is 1. The minimum Gasteiger partial charge on any atom is -0.480 e. The molecule has 2 rings (SSSR count). The summed E-state index contributed by atoms with van der Waals surface area (Å²) in [6.07, 6.45) is 3.11. The molecule has 12 heteroatoms. The minimum absolute atomic E-state index is 0.0133. The normalized spacial score (nSPS) is 19.6. The quantitative estimate of drug-likeness (QED) is 0.207. The molecule has 0 saturated carbocycles. The SMILES string of the molecule is CC(C)C(NC(=O)C(NC(=O)C1CCCN1)C(C)O)C(=O)NC(Cc1cnc[nH]1)C(=O)O. The summed E-state index contributed by atoms with van der Waals surface area (Å²) in [6, 6.07) is -4.01. The topological polar surface area (TPSA) is 186 Å². The first-order valence-electron chi connectivity index (χ1n) is 10.6. The molecule has 1 aromatic rings.